The number of aromatic amines is 1. The Kier molecular flexibility index (Phi) is 5.36. The Labute approximate surface area is 129 Å². The van der Waals surface area contributed by atoms with E-state index < -0.39 is 12.0 Å². The van der Waals surface area contributed by atoms with Gasteiger partial charge >= 0.3 is 5.97 Å². The number of aromatic nitrogens is 1. The third-order valence-corrected chi connectivity index (χ3v) is 3.50. The number of fused-ring (bicyclic) bond motifs is 1. The molecule has 2 rings (SSSR count). The maximum Gasteiger partial charge on any atom is 0.326 e. The van der Waals surface area contributed by atoms with Crippen LogP contribution < -0.4 is 5.32 Å². The van der Waals surface area contributed by atoms with Crippen LogP contribution in [-0.4, -0.2) is 28.0 Å². The summed E-state index contributed by atoms with van der Waals surface area (Å²) < 4.78 is 0. The molecule has 0 saturated heterocycles. The topological polar surface area (TPSA) is 82.2 Å². The lowest BCUT2D eigenvalue weighted by Crippen LogP contribution is -2.40. The number of carboxylic acid groups (broad SMARTS) is 1. The number of nitrogens with one attached hydrogen (secondary N) is 2. The van der Waals surface area contributed by atoms with Crippen LogP contribution in [0.3, 0.4) is 0 Å². The number of amides is 1. The minimum absolute atomic E-state index is 0.244. The average Bonchev–Trinajstić information content (AvgIpc) is 2.96. The van der Waals surface area contributed by atoms with Crippen LogP contribution in [0.1, 0.15) is 25.3 Å². The monoisotopic (exact) mass is 300 g/mol. The molecule has 0 aliphatic heterocycles. The molecule has 22 heavy (non-hydrogen) atoms. The predicted molar refractivity (Wildman–Crippen MR) is 85.6 cm³/mol. The minimum atomic E-state index is -1.01. The van der Waals surface area contributed by atoms with Crippen molar-refractivity contribution in [3.05, 3.63) is 48.2 Å². The van der Waals surface area contributed by atoms with Gasteiger partial charge in [0.15, 0.2) is 0 Å². The number of aliphatic carboxylic acids is 1. The average molecular weight is 300 g/mol. The second-order valence-electron chi connectivity index (χ2n) is 5.16. The standard InChI is InChI=1S/C17H20N2O3/c1-2-3-4-15(17(21)22)19-16(20)8-6-12-5-7-14-13(11-12)9-10-18-14/h2-3,5,7,9-11,15,18H,4,6,8H2,1H3,(H,19,20)(H,21,22)/b3-2+. The summed E-state index contributed by atoms with van der Waals surface area (Å²) in [7, 11) is 0. The molecule has 0 spiro atoms. The fraction of sp³-hybridized carbons (Fsp3) is 0.294. The van der Waals surface area contributed by atoms with Crippen LogP contribution in [0.5, 0.6) is 0 Å². The van der Waals surface area contributed by atoms with E-state index in [9.17, 15) is 9.59 Å². The number of benzene rings is 1. The molecule has 5 heteroatoms. The maximum absolute atomic E-state index is 11.9. The molecule has 1 aromatic heterocycles. The van der Waals surface area contributed by atoms with Crippen LogP contribution in [0.15, 0.2) is 42.6 Å². The van der Waals surface area contributed by atoms with Crippen LogP contribution in [0, 0.1) is 0 Å². The van der Waals surface area contributed by atoms with Crippen LogP contribution in [0.4, 0.5) is 0 Å². The Morgan fingerprint density at radius 1 is 1.36 bits per heavy atom. The van der Waals surface area contributed by atoms with Crippen molar-refractivity contribution in [1.29, 1.82) is 0 Å². The zero-order chi connectivity index (χ0) is 15.9. The number of H-pyrrole nitrogens is 1. The van der Waals surface area contributed by atoms with Gasteiger partial charge < -0.3 is 15.4 Å². The number of carboxylic acids is 1. The minimum Gasteiger partial charge on any atom is -0.480 e. The first-order chi connectivity index (χ1) is 10.6. The summed E-state index contributed by atoms with van der Waals surface area (Å²) in [6.07, 6.45) is 6.54. The number of allylic oxidation sites excluding steroid dienone is 1. The molecule has 1 amide bonds. The number of aryl methyl sites for hydroxylation is 1. The Balaban J connectivity index is 1.89. The Morgan fingerprint density at radius 2 is 2.18 bits per heavy atom. The molecule has 1 atom stereocenters. The molecule has 1 heterocycles. The highest BCUT2D eigenvalue weighted by molar-refractivity contribution is 5.84. The third-order valence-electron chi connectivity index (χ3n) is 3.50. The van der Waals surface area contributed by atoms with Gasteiger partial charge in [-0.3, -0.25) is 4.79 Å². The fourth-order valence-corrected chi connectivity index (χ4v) is 2.28. The van der Waals surface area contributed by atoms with Crippen LogP contribution in [0.25, 0.3) is 10.9 Å². The van der Waals surface area contributed by atoms with Gasteiger partial charge in [0.25, 0.3) is 0 Å². The van der Waals surface area contributed by atoms with Crippen molar-refractivity contribution in [2.75, 3.05) is 0 Å². The van der Waals surface area contributed by atoms with E-state index in [0.717, 1.165) is 16.5 Å². The molecule has 0 fully saturated rings. The van der Waals surface area contributed by atoms with Gasteiger partial charge in [-0.05, 0) is 48.9 Å². The van der Waals surface area contributed by atoms with Gasteiger partial charge in [0.1, 0.15) is 6.04 Å². The number of rotatable bonds is 7. The van der Waals surface area contributed by atoms with Crippen molar-refractivity contribution in [1.82, 2.24) is 10.3 Å². The second kappa shape index (κ2) is 7.45. The zero-order valence-corrected chi connectivity index (χ0v) is 12.5. The van der Waals surface area contributed by atoms with Gasteiger partial charge in [0, 0.05) is 18.1 Å². The predicted octanol–water partition coefficient (Wildman–Crippen LogP) is 2.64. The summed E-state index contributed by atoms with van der Waals surface area (Å²) in [5.41, 5.74) is 2.12. The van der Waals surface area contributed by atoms with E-state index in [2.05, 4.69) is 10.3 Å². The molecular formula is C17H20N2O3. The van der Waals surface area contributed by atoms with E-state index in [1.807, 2.05) is 37.4 Å². The van der Waals surface area contributed by atoms with E-state index in [1.54, 1.807) is 12.2 Å². The van der Waals surface area contributed by atoms with Gasteiger partial charge in [0.05, 0.1) is 0 Å². The second-order valence-corrected chi connectivity index (χ2v) is 5.16. The van der Waals surface area contributed by atoms with E-state index >= 15 is 0 Å². The van der Waals surface area contributed by atoms with Crippen LogP contribution in [-0.2, 0) is 16.0 Å². The van der Waals surface area contributed by atoms with Crippen molar-refractivity contribution in [2.45, 2.75) is 32.2 Å². The molecule has 1 aromatic carbocycles. The molecule has 0 aliphatic carbocycles. The molecule has 2 aromatic rings. The van der Waals surface area contributed by atoms with Crippen molar-refractivity contribution >= 4 is 22.8 Å². The van der Waals surface area contributed by atoms with Crippen molar-refractivity contribution < 1.29 is 14.7 Å². The molecule has 1 unspecified atom stereocenters. The molecule has 5 nitrogen and oxygen atoms in total. The van der Waals surface area contributed by atoms with Crippen LogP contribution >= 0.6 is 0 Å². The summed E-state index contributed by atoms with van der Waals surface area (Å²) in [5.74, 6) is -1.26. The number of carbonyl (C=O) groups excluding carboxylic acids is 1. The van der Waals surface area contributed by atoms with Crippen molar-refractivity contribution in [3.63, 3.8) is 0 Å². The van der Waals surface area contributed by atoms with Crippen molar-refractivity contribution in [2.24, 2.45) is 0 Å². The lowest BCUT2D eigenvalue weighted by atomic mass is 10.1. The Bertz CT molecular complexity index is 688. The molecule has 116 valence electrons. The van der Waals surface area contributed by atoms with E-state index in [-0.39, 0.29) is 12.3 Å². The smallest absolute Gasteiger partial charge is 0.326 e. The van der Waals surface area contributed by atoms with E-state index in [4.69, 9.17) is 5.11 Å². The molecule has 3 N–H and O–H groups in total. The third kappa shape index (κ3) is 4.22. The number of hydrogen-bond acceptors (Lipinski definition) is 2. The zero-order valence-electron chi connectivity index (χ0n) is 12.5. The molecule has 0 bridgehead atoms. The highest BCUT2D eigenvalue weighted by atomic mass is 16.4. The summed E-state index contributed by atoms with van der Waals surface area (Å²) in [5, 5.41) is 12.7. The van der Waals surface area contributed by atoms with Gasteiger partial charge in [0.2, 0.25) is 5.91 Å². The highest BCUT2D eigenvalue weighted by Crippen LogP contribution is 2.15. The van der Waals surface area contributed by atoms with Crippen LogP contribution in [0.2, 0.25) is 0 Å². The first-order valence-electron chi connectivity index (χ1n) is 7.29. The lowest BCUT2D eigenvalue weighted by molar-refractivity contribution is -0.141. The van der Waals surface area contributed by atoms with Crippen molar-refractivity contribution in [3.8, 4) is 0 Å². The first kappa shape index (κ1) is 15.8. The largest absolute Gasteiger partial charge is 0.480 e. The SMILES string of the molecule is C/C=C/CC(NC(=O)CCc1ccc2[nH]ccc2c1)C(=O)O. The number of hydrogen-bond donors (Lipinski definition) is 3. The van der Waals surface area contributed by atoms with Gasteiger partial charge in [-0.25, -0.2) is 4.79 Å². The maximum atomic E-state index is 11.9. The van der Waals surface area contributed by atoms with Gasteiger partial charge in [-0.1, -0.05) is 18.2 Å². The van der Waals surface area contributed by atoms with Gasteiger partial charge in [-0.2, -0.15) is 0 Å². The first-order valence-corrected chi connectivity index (χ1v) is 7.29. The summed E-state index contributed by atoms with van der Waals surface area (Å²) >= 11 is 0. The summed E-state index contributed by atoms with van der Waals surface area (Å²) in [4.78, 5) is 26.1. The molecular weight excluding hydrogens is 280 g/mol. The highest BCUT2D eigenvalue weighted by Gasteiger charge is 2.18. The Morgan fingerprint density at radius 3 is 2.91 bits per heavy atom. The Hall–Kier alpha value is -2.56. The summed E-state index contributed by atoms with van der Waals surface area (Å²) in [6.45, 7) is 1.82. The van der Waals surface area contributed by atoms with E-state index in [0.29, 0.717) is 12.8 Å². The van der Waals surface area contributed by atoms with E-state index in [1.165, 1.54) is 0 Å². The molecule has 0 radical (unpaired) electrons. The fourth-order valence-electron chi connectivity index (χ4n) is 2.28. The normalized spacial score (nSPS) is 12.6. The summed E-state index contributed by atoms with van der Waals surface area (Å²) in [6, 6.07) is 7.11. The van der Waals surface area contributed by atoms with Gasteiger partial charge in [-0.15, -0.1) is 0 Å². The quantitative estimate of drug-likeness (QED) is 0.687. The number of carbonyl (C=O) groups is 2. The molecule has 0 saturated carbocycles. The molecule has 0 aliphatic rings. The lowest BCUT2D eigenvalue weighted by Gasteiger charge is -2.12.